The molecule has 1 aromatic rings. The third kappa shape index (κ3) is 3.74. The highest BCUT2D eigenvalue weighted by molar-refractivity contribution is 6.35. The summed E-state index contributed by atoms with van der Waals surface area (Å²) in [6, 6.07) is 5.31. The minimum absolute atomic E-state index is 0.338. The fourth-order valence-electron chi connectivity index (χ4n) is 1.53. The molecule has 0 bridgehead atoms. The molecule has 0 heterocycles. The molecule has 0 N–H and O–H groups in total. The maximum absolute atomic E-state index is 11.4. The van der Waals surface area contributed by atoms with Gasteiger partial charge in [-0.15, -0.1) is 0 Å². The summed E-state index contributed by atoms with van der Waals surface area (Å²) < 4.78 is 5.32. The van der Waals surface area contributed by atoms with Crippen molar-refractivity contribution < 1.29 is 14.3 Å². The lowest BCUT2D eigenvalue weighted by Crippen LogP contribution is -2.31. The van der Waals surface area contributed by atoms with Crippen LogP contribution in [0.2, 0.25) is 5.02 Å². The first-order valence-corrected chi connectivity index (χ1v) is 6.00. The number of amides is 1. The fourth-order valence-corrected chi connectivity index (χ4v) is 1.79. The summed E-state index contributed by atoms with van der Waals surface area (Å²) in [5, 5.41) is 0.498. The van der Waals surface area contributed by atoms with Gasteiger partial charge in [-0.1, -0.05) is 17.7 Å². The fraction of sp³-hybridized carbons (Fsp3) is 0.385. The van der Waals surface area contributed by atoms with Crippen LogP contribution in [-0.4, -0.2) is 30.2 Å². The highest BCUT2D eigenvalue weighted by Crippen LogP contribution is 2.25. The third-order valence-corrected chi connectivity index (χ3v) is 2.66. The number of ether oxygens (including phenoxy) is 1. The van der Waals surface area contributed by atoms with Gasteiger partial charge >= 0.3 is 0 Å². The average molecular weight is 270 g/mol. The van der Waals surface area contributed by atoms with Crippen molar-refractivity contribution in [3.63, 3.8) is 0 Å². The lowest BCUT2D eigenvalue weighted by molar-refractivity contribution is -0.143. The molecule has 1 rings (SSSR count). The number of hydrogen-bond acceptors (Lipinski definition) is 3. The molecule has 1 amide bonds. The summed E-state index contributed by atoms with van der Waals surface area (Å²) in [5.41, 5.74) is 0.848. The molecule has 0 aliphatic carbocycles. The van der Waals surface area contributed by atoms with Crippen molar-refractivity contribution in [2.24, 2.45) is 0 Å². The Hall–Kier alpha value is -1.55. The molecule has 0 atom stereocenters. The van der Waals surface area contributed by atoms with Gasteiger partial charge in [0.1, 0.15) is 5.75 Å². The number of Topliss-reactive ketones (excluding diaryl/α,β-unsaturated/α-hetero) is 1. The van der Waals surface area contributed by atoms with Crippen molar-refractivity contribution in [3.8, 4) is 5.75 Å². The Bertz CT molecular complexity index is 460. The molecule has 0 spiro atoms. The Morgan fingerprint density at radius 3 is 2.56 bits per heavy atom. The molecule has 0 radical (unpaired) electrons. The van der Waals surface area contributed by atoms with Crippen molar-refractivity contribution in [3.05, 3.63) is 28.8 Å². The topological polar surface area (TPSA) is 46.6 Å². The summed E-state index contributed by atoms with van der Waals surface area (Å²) in [6.45, 7) is 4.01. The molecule has 0 aromatic heterocycles. The van der Waals surface area contributed by atoms with Crippen LogP contribution in [0.25, 0.3) is 0 Å². The van der Waals surface area contributed by atoms with Crippen LogP contribution in [0.15, 0.2) is 18.2 Å². The van der Waals surface area contributed by atoms with E-state index in [0.29, 0.717) is 23.9 Å². The second-order valence-corrected chi connectivity index (χ2v) is 4.32. The Morgan fingerprint density at radius 2 is 2.06 bits per heavy atom. The van der Waals surface area contributed by atoms with E-state index in [-0.39, 0.29) is 0 Å². The van der Waals surface area contributed by atoms with Crippen molar-refractivity contribution in [1.82, 2.24) is 4.90 Å². The SMILES string of the molecule is CCOc1ccc(CN(C)C(=O)C(C)=O)cc1Cl. The van der Waals surface area contributed by atoms with Crippen LogP contribution < -0.4 is 4.74 Å². The van der Waals surface area contributed by atoms with Gasteiger partial charge in [0.25, 0.3) is 5.91 Å². The van der Waals surface area contributed by atoms with Crippen LogP contribution in [0.5, 0.6) is 5.75 Å². The summed E-state index contributed by atoms with van der Waals surface area (Å²) in [6.07, 6.45) is 0. The van der Waals surface area contributed by atoms with E-state index >= 15 is 0 Å². The van der Waals surface area contributed by atoms with Crippen LogP contribution in [0.4, 0.5) is 0 Å². The van der Waals surface area contributed by atoms with Crippen LogP contribution in [-0.2, 0) is 16.1 Å². The Labute approximate surface area is 111 Å². The van der Waals surface area contributed by atoms with E-state index in [2.05, 4.69) is 0 Å². The summed E-state index contributed by atoms with van der Waals surface area (Å²) in [4.78, 5) is 23.7. The normalized spacial score (nSPS) is 10.0. The molecule has 4 nitrogen and oxygen atoms in total. The van der Waals surface area contributed by atoms with Crippen molar-refractivity contribution in [2.75, 3.05) is 13.7 Å². The average Bonchev–Trinajstić information content (AvgIpc) is 2.31. The highest BCUT2D eigenvalue weighted by Gasteiger charge is 2.14. The van der Waals surface area contributed by atoms with Gasteiger partial charge in [0.05, 0.1) is 11.6 Å². The molecule has 18 heavy (non-hydrogen) atoms. The second-order valence-electron chi connectivity index (χ2n) is 3.92. The van der Waals surface area contributed by atoms with E-state index in [1.807, 2.05) is 13.0 Å². The highest BCUT2D eigenvalue weighted by atomic mass is 35.5. The minimum Gasteiger partial charge on any atom is -0.492 e. The molecular weight excluding hydrogens is 254 g/mol. The third-order valence-electron chi connectivity index (χ3n) is 2.36. The second kappa shape index (κ2) is 6.40. The molecule has 0 unspecified atom stereocenters. The maximum Gasteiger partial charge on any atom is 0.289 e. The number of nitrogens with zero attached hydrogens (tertiary/aromatic N) is 1. The van der Waals surface area contributed by atoms with E-state index in [1.165, 1.54) is 11.8 Å². The van der Waals surface area contributed by atoms with Crippen LogP contribution in [0, 0.1) is 0 Å². The van der Waals surface area contributed by atoms with E-state index < -0.39 is 11.7 Å². The molecule has 5 heteroatoms. The van der Waals surface area contributed by atoms with Crippen molar-refractivity contribution in [1.29, 1.82) is 0 Å². The summed E-state index contributed by atoms with van der Waals surface area (Å²) in [7, 11) is 1.58. The maximum atomic E-state index is 11.4. The summed E-state index contributed by atoms with van der Waals surface area (Å²) in [5.74, 6) is -0.377. The molecule has 0 aliphatic rings. The smallest absolute Gasteiger partial charge is 0.289 e. The van der Waals surface area contributed by atoms with Crippen molar-refractivity contribution in [2.45, 2.75) is 20.4 Å². The van der Waals surface area contributed by atoms with Gasteiger partial charge < -0.3 is 9.64 Å². The largest absolute Gasteiger partial charge is 0.492 e. The van der Waals surface area contributed by atoms with Gasteiger partial charge in [-0.3, -0.25) is 9.59 Å². The lowest BCUT2D eigenvalue weighted by atomic mass is 10.2. The number of carbonyl (C=O) groups excluding carboxylic acids is 2. The zero-order chi connectivity index (χ0) is 13.7. The van der Waals surface area contributed by atoms with Gasteiger partial charge in [-0.05, 0) is 24.6 Å². The Balaban J connectivity index is 2.77. The number of ketones is 1. The standard InChI is InChI=1S/C13H16ClNO3/c1-4-18-12-6-5-10(7-11(12)14)8-15(3)13(17)9(2)16/h5-7H,4,8H2,1-3H3. The Kier molecular flexibility index (Phi) is 5.16. The first-order valence-electron chi connectivity index (χ1n) is 5.63. The zero-order valence-corrected chi connectivity index (χ0v) is 11.5. The molecule has 0 fully saturated rings. The number of likely N-dealkylation sites (N-methyl/N-ethyl adjacent to an activating group) is 1. The molecule has 0 saturated heterocycles. The summed E-state index contributed by atoms with van der Waals surface area (Å²) >= 11 is 6.04. The first-order chi connectivity index (χ1) is 8.45. The van der Waals surface area contributed by atoms with E-state index in [4.69, 9.17) is 16.3 Å². The van der Waals surface area contributed by atoms with E-state index in [1.54, 1.807) is 19.2 Å². The van der Waals surface area contributed by atoms with Gasteiger partial charge in [-0.2, -0.15) is 0 Å². The van der Waals surface area contributed by atoms with E-state index in [9.17, 15) is 9.59 Å². The number of halogens is 1. The Morgan fingerprint density at radius 1 is 1.39 bits per heavy atom. The minimum atomic E-state index is -0.514. The van der Waals surface area contributed by atoms with Gasteiger partial charge in [0, 0.05) is 20.5 Å². The van der Waals surface area contributed by atoms with Crippen LogP contribution >= 0.6 is 11.6 Å². The predicted molar refractivity (Wildman–Crippen MR) is 69.8 cm³/mol. The number of rotatable bonds is 5. The van der Waals surface area contributed by atoms with Crippen LogP contribution in [0.1, 0.15) is 19.4 Å². The molecular formula is C13H16ClNO3. The number of hydrogen-bond donors (Lipinski definition) is 0. The van der Waals surface area contributed by atoms with E-state index in [0.717, 1.165) is 5.56 Å². The number of benzene rings is 1. The monoisotopic (exact) mass is 269 g/mol. The van der Waals surface area contributed by atoms with Gasteiger partial charge in [0.15, 0.2) is 0 Å². The van der Waals surface area contributed by atoms with Crippen molar-refractivity contribution >= 4 is 23.3 Å². The zero-order valence-electron chi connectivity index (χ0n) is 10.7. The molecule has 98 valence electrons. The molecule has 1 aromatic carbocycles. The lowest BCUT2D eigenvalue weighted by Gasteiger charge is -2.16. The van der Waals surface area contributed by atoms with Crippen LogP contribution in [0.3, 0.4) is 0 Å². The van der Waals surface area contributed by atoms with Gasteiger partial charge in [0.2, 0.25) is 5.78 Å². The number of carbonyl (C=O) groups is 2. The first kappa shape index (κ1) is 14.5. The predicted octanol–water partition coefficient (Wildman–Crippen LogP) is 2.29. The molecule has 0 aliphatic heterocycles. The van der Waals surface area contributed by atoms with Gasteiger partial charge in [-0.25, -0.2) is 0 Å². The molecule has 0 saturated carbocycles. The quantitative estimate of drug-likeness (QED) is 0.771.